The van der Waals surface area contributed by atoms with Gasteiger partial charge in [0.2, 0.25) is 5.15 Å². The first kappa shape index (κ1) is 11.8. The van der Waals surface area contributed by atoms with Crippen LogP contribution in [0.15, 0.2) is 12.3 Å². The molecule has 0 radical (unpaired) electrons. The maximum atomic E-state index is 10.5. The van der Waals surface area contributed by atoms with Gasteiger partial charge in [-0.3, -0.25) is 10.1 Å². The predicted molar refractivity (Wildman–Crippen MR) is 61.2 cm³/mol. The largest absolute Gasteiger partial charge is 0.307 e. The number of hydrogen-bond acceptors (Lipinski definition) is 4. The molecule has 0 aliphatic carbocycles. The van der Waals surface area contributed by atoms with Crippen LogP contribution in [0.1, 0.15) is 12.0 Å². The lowest BCUT2D eigenvalue weighted by atomic mass is 10.2. The monoisotopic (exact) mass is 242 g/mol. The van der Waals surface area contributed by atoms with Gasteiger partial charge >= 0.3 is 5.69 Å². The molecule has 0 aromatic carbocycles. The maximum absolute atomic E-state index is 10.5. The van der Waals surface area contributed by atoms with Crippen molar-refractivity contribution in [1.82, 2.24) is 4.98 Å². The van der Waals surface area contributed by atoms with Crippen LogP contribution in [0.5, 0.6) is 0 Å². The number of thiol groups is 1. The first-order chi connectivity index (χ1) is 7.15. The molecule has 1 aromatic heterocycles. The van der Waals surface area contributed by atoms with Crippen LogP contribution in [0.3, 0.4) is 0 Å². The van der Waals surface area contributed by atoms with Gasteiger partial charge in [0.15, 0.2) is 0 Å². The van der Waals surface area contributed by atoms with E-state index in [1.807, 2.05) is 0 Å². The van der Waals surface area contributed by atoms with E-state index in [-0.39, 0.29) is 10.8 Å². The number of halogens is 1. The lowest BCUT2D eigenvalue weighted by Crippen LogP contribution is -1.92. The highest BCUT2D eigenvalue weighted by Crippen LogP contribution is 2.21. The molecule has 0 N–H and O–H groups in total. The molecule has 4 nitrogen and oxygen atoms in total. The summed E-state index contributed by atoms with van der Waals surface area (Å²) in [6.45, 7) is 0. The van der Waals surface area contributed by atoms with E-state index in [1.165, 1.54) is 12.3 Å². The Morgan fingerprint density at radius 2 is 2.40 bits per heavy atom. The molecule has 0 fully saturated rings. The van der Waals surface area contributed by atoms with E-state index >= 15 is 0 Å². The maximum Gasteiger partial charge on any atom is 0.307 e. The van der Waals surface area contributed by atoms with E-state index in [9.17, 15) is 10.1 Å². The molecule has 0 amide bonds. The van der Waals surface area contributed by atoms with Crippen LogP contribution in [0, 0.1) is 22.0 Å². The van der Waals surface area contributed by atoms with E-state index in [1.54, 1.807) is 0 Å². The summed E-state index contributed by atoms with van der Waals surface area (Å²) in [4.78, 5) is 13.6. The molecule has 0 bridgehead atoms. The molecule has 0 aliphatic heterocycles. The topological polar surface area (TPSA) is 56.0 Å². The van der Waals surface area contributed by atoms with Gasteiger partial charge in [-0.2, -0.15) is 12.6 Å². The first-order valence-corrected chi connectivity index (χ1v) is 5.06. The summed E-state index contributed by atoms with van der Waals surface area (Å²) >= 11 is 9.53. The molecule has 0 saturated carbocycles. The summed E-state index contributed by atoms with van der Waals surface area (Å²) in [7, 11) is 0. The number of rotatable bonds is 2. The van der Waals surface area contributed by atoms with Crippen LogP contribution in [0.2, 0.25) is 5.15 Å². The van der Waals surface area contributed by atoms with Crippen molar-refractivity contribution in [3.05, 3.63) is 33.1 Å². The molecule has 0 atom stereocenters. The highest BCUT2D eigenvalue weighted by atomic mass is 35.5. The molecule has 0 unspecified atom stereocenters. The van der Waals surface area contributed by atoms with E-state index in [2.05, 4.69) is 29.5 Å². The molecule has 15 heavy (non-hydrogen) atoms. The standard InChI is InChI=1S/C9H7ClN2O2S/c10-9-8(12(13)14)5-7(6-11-9)3-1-2-4-15/h5-6,15H,2,4H2. The third-order valence-electron chi connectivity index (χ3n) is 1.49. The second-order valence-corrected chi connectivity index (χ2v) is 3.37. The van der Waals surface area contributed by atoms with Crippen LogP contribution in [0.4, 0.5) is 5.69 Å². The second-order valence-electron chi connectivity index (χ2n) is 2.57. The van der Waals surface area contributed by atoms with E-state index in [0.29, 0.717) is 17.7 Å². The fraction of sp³-hybridized carbons (Fsp3) is 0.222. The molecule has 0 saturated heterocycles. The Labute approximate surface area is 97.2 Å². The SMILES string of the molecule is O=[N+]([O-])c1cc(C#CCCS)cnc1Cl. The quantitative estimate of drug-likeness (QED) is 0.285. The highest BCUT2D eigenvalue weighted by Gasteiger charge is 2.13. The summed E-state index contributed by atoms with van der Waals surface area (Å²) in [5, 5.41) is 10.4. The van der Waals surface area contributed by atoms with Gasteiger partial charge in [-0.1, -0.05) is 23.4 Å². The van der Waals surface area contributed by atoms with Crippen LogP contribution in [0.25, 0.3) is 0 Å². The lowest BCUT2D eigenvalue weighted by Gasteiger charge is -1.94. The smallest absolute Gasteiger partial charge is 0.258 e. The summed E-state index contributed by atoms with van der Waals surface area (Å²) in [6.07, 6.45) is 2.03. The summed E-state index contributed by atoms with van der Waals surface area (Å²) in [6, 6.07) is 1.31. The fourth-order valence-corrected chi connectivity index (χ4v) is 1.14. The minimum absolute atomic E-state index is 0.125. The Balaban J connectivity index is 2.99. The molecule has 1 rings (SSSR count). The predicted octanol–water partition coefficient (Wildman–Crippen LogP) is 2.31. The number of pyridine rings is 1. The van der Waals surface area contributed by atoms with Crippen LogP contribution >= 0.6 is 24.2 Å². The van der Waals surface area contributed by atoms with E-state index in [0.717, 1.165) is 0 Å². The zero-order valence-electron chi connectivity index (χ0n) is 7.61. The van der Waals surface area contributed by atoms with Gasteiger partial charge in [0.25, 0.3) is 0 Å². The summed E-state index contributed by atoms with van der Waals surface area (Å²) < 4.78 is 0. The van der Waals surface area contributed by atoms with Crippen molar-refractivity contribution >= 4 is 29.9 Å². The molecule has 1 aromatic rings. The summed E-state index contributed by atoms with van der Waals surface area (Å²) in [5.41, 5.74) is 0.252. The molecule has 1 heterocycles. The van der Waals surface area contributed by atoms with Crippen molar-refractivity contribution in [3.8, 4) is 11.8 Å². The van der Waals surface area contributed by atoms with E-state index in [4.69, 9.17) is 11.6 Å². The normalized spacial score (nSPS) is 9.20. The Hall–Kier alpha value is -1.25. The minimum Gasteiger partial charge on any atom is -0.258 e. The van der Waals surface area contributed by atoms with Gasteiger partial charge in [-0.25, -0.2) is 4.98 Å². The fourth-order valence-electron chi connectivity index (χ4n) is 0.853. The van der Waals surface area contributed by atoms with Crippen LogP contribution < -0.4 is 0 Å². The van der Waals surface area contributed by atoms with Crippen molar-refractivity contribution < 1.29 is 4.92 Å². The minimum atomic E-state index is -0.584. The number of hydrogen-bond donors (Lipinski definition) is 1. The average Bonchev–Trinajstić information content (AvgIpc) is 2.20. The number of nitro groups is 1. The molecule has 0 spiro atoms. The molecule has 0 aliphatic rings. The van der Waals surface area contributed by atoms with Crippen molar-refractivity contribution in [3.63, 3.8) is 0 Å². The number of nitrogens with zero attached hydrogens (tertiary/aromatic N) is 2. The zero-order chi connectivity index (χ0) is 11.3. The van der Waals surface area contributed by atoms with Gasteiger partial charge < -0.3 is 0 Å². The van der Waals surface area contributed by atoms with Crippen LogP contribution in [-0.4, -0.2) is 15.7 Å². The van der Waals surface area contributed by atoms with Crippen LogP contribution in [-0.2, 0) is 0 Å². The lowest BCUT2D eigenvalue weighted by molar-refractivity contribution is -0.385. The Kier molecular flexibility index (Phi) is 4.40. The second kappa shape index (κ2) is 5.59. The Bertz CT molecular complexity index is 439. The van der Waals surface area contributed by atoms with E-state index < -0.39 is 4.92 Å². The highest BCUT2D eigenvalue weighted by molar-refractivity contribution is 7.80. The Morgan fingerprint density at radius 1 is 1.67 bits per heavy atom. The van der Waals surface area contributed by atoms with Gasteiger partial charge in [0.05, 0.1) is 4.92 Å². The number of aromatic nitrogens is 1. The molecular formula is C9H7ClN2O2S. The molecular weight excluding hydrogens is 236 g/mol. The van der Waals surface area contributed by atoms with Gasteiger partial charge in [-0.15, -0.1) is 0 Å². The Morgan fingerprint density at radius 3 is 3.00 bits per heavy atom. The molecule has 78 valence electrons. The first-order valence-electron chi connectivity index (χ1n) is 4.05. The average molecular weight is 243 g/mol. The van der Waals surface area contributed by atoms with Gasteiger partial charge in [0.1, 0.15) is 0 Å². The third-order valence-corrected chi connectivity index (χ3v) is 2.00. The van der Waals surface area contributed by atoms with Crippen molar-refractivity contribution in [2.24, 2.45) is 0 Å². The summed E-state index contributed by atoms with van der Waals surface area (Å²) in [5.74, 6) is 6.20. The zero-order valence-corrected chi connectivity index (χ0v) is 9.26. The molecule has 6 heteroatoms. The van der Waals surface area contributed by atoms with Gasteiger partial charge in [-0.05, 0) is 0 Å². The van der Waals surface area contributed by atoms with Crippen molar-refractivity contribution in [1.29, 1.82) is 0 Å². The van der Waals surface area contributed by atoms with Crippen molar-refractivity contribution in [2.75, 3.05) is 5.75 Å². The van der Waals surface area contributed by atoms with Gasteiger partial charge in [0, 0.05) is 30.0 Å². The third kappa shape index (κ3) is 3.42. The van der Waals surface area contributed by atoms with Crippen molar-refractivity contribution in [2.45, 2.75) is 6.42 Å².